The van der Waals surface area contributed by atoms with Gasteiger partial charge in [-0.15, -0.1) is 5.10 Å². The van der Waals surface area contributed by atoms with Gasteiger partial charge in [-0.3, -0.25) is 0 Å². The maximum Gasteiger partial charge on any atom is 0.421 e. The van der Waals surface area contributed by atoms with Crippen LogP contribution in [0.25, 0.3) is 0 Å². The van der Waals surface area contributed by atoms with Gasteiger partial charge in [0.1, 0.15) is 11.4 Å². The Hall–Kier alpha value is -1.89. The smallest absolute Gasteiger partial charge is 0.370 e. The van der Waals surface area contributed by atoms with Gasteiger partial charge in [0.25, 0.3) is 0 Å². The van der Waals surface area contributed by atoms with Crippen LogP contribution in [-0.2, 0) is 6.18 Å². The minimum absolute atomic E-state index is 0.0120. The van der Waals surface area contributed by atoms with E-state index in [-0.39, 0.29) is 17.4 Å². The summed E-state index contributed by atoms with van der Waals surface area (Å²) in [4.78, 5) is 1.58. The molecule has 2 aromatic rings. The first kappa shape index (κ1) is 17.0. The van der Waals surface area contributed by atoms with Gasteiger partial charge in [0, 0.05) is 13.1 Å². The molecule has 1 aliphatic rings. The number of aromatic nitrogens is 2. The van der Waals surface area contributed by atoms with E-state index in [0.717, 1.165) is 6.20 Å². The molecule has 24 heavy (non-hydrogen) atoms. The Morgan fingerprint density at radius 3 is 2.42 bits per heavy atom. The number of hydrogen-bond donors (Lipinski definition) is 0. The van der Waals surface area contributed by atoms with Gasteiger partial charge in [0.2, 0.25) is 0 Å². The number of anilines is 1. The average molecular weight is 360 g/mol. The monoisotopic (exact) mass is 359 g/mol. The van der Waals surface area contributed by atoms with Crippen molar-refractivity contribution in [3.63, 3.8) is 0 Å². The first-order valence-electron chi connectivity index (χ1n) is 7.45. The van der Waals surface area contributed by atoms with Crippen molar-refractivity contribution in [3.8, 4) is 0 Å². The highest BCUT2D eigenvalue weighted by Crippen LogP contribution is 2.41. The summed E-state index contributed by atoms with van der Waals surface area (Å²) in [6, 6.07) is 6.50. The van der Waals surface area contributed by atoms with Crippen molar-refractivity contribution >= 4 is 17.3 Å². The largest absolute Gasteiger partial charge is 0.421 e. The van der Waals surface area contributed by atoms with Gasteiger partial charge < -0.3 is 4.90 Å². The fraction of sp³-hybridized carbons (Fsp3) is 0.375. The highest BCUT2D eigenvalue weighted by molar-refractivity contribution is 6.30. The molecule has 2 heterocycles. The van der Waals surface area contributed by atoms with Crippen molar-refractivity contribution in [2.24, 2.45) is 0 Å². The number of alkyl halides is 3. The molecule has 1 saturated heterocycles. The molecule has 0 bridgehead atoms. The number of benzene rings is 1. The van der Waals surface area contributed by atoms with Gasteiger partial charge in [-0.2, -0.15) is 18.3 Å². The lowest BCUT2D eigenvalue weighted by atomic mass is 9.89. The van der Waals surface area contributed by atoms with Crippen molar-refractivity contribution in [1.29, 1.82) is 0 Å². The van der Waals surface area contributed by atoms with E-state index in [2.05, 4.69) is 10.2 Å². The molecule has 1 fully saturated rings. The number of nitrogens with zero attached hydrogens (tertiary/aromatic N) is 3. The third-order valence-electron chi connectivity index (χ3n) is 4.25. The molecule has 0 aliphatic carbocycles. The molecule has 8 heteroatoms. The highest BCUT2D eigenvalue weighted by Gasteiger charge is 2.39. The maximum atomic E-state index is 13.9. The summed E-state index contributed by atoms with van der Waals surface area (Å²) in [6.07, 6.45) is -2.42. The maximum absolute atomic E-state index is 13.9. The van der Waals surface area contributed by atoms with Crippen LogP contribution in [0.5, 0.6) is 0 Å². The van der Waals surface area contributed by atoms with Gasteiger partial charge in [-0.25, -0.2) is 4.39 Å². The number of piperidine rings is 1. The third kappa shape index (κ3) is 3.31. The minimum atomic E-state index is -4.61. The van der Waals surface area contributed by atoms with Crippen molar-refractivity contribution in [1.82, 2.24) is 10.2 Å². The molecular formula is C16H14ClF4N3. The van der Waals surface area contributed by atoms with Crippen molar-refractivity contribution in [3.05, 3.63) is 52.6 Å². The molecule has 0 spiro atoms. The summed E-state index contributed by atoms with van der Waals surface area (Å²) in [5.41, 5.74) is -0.433. The Bertz CT molecular complexity index is 728. The van der Waals surface area contributed by atoms with Crippen LogP contribution in [0.4, 0.5) is 23.2 Å². The third-order valence-corrected chi connectivity index (χ3v) is 4.52. The zero-order valence-corrected chi connectivity index (χ0v) is 13.3. The SMILES string of the molecule is Fc1ccccc1C1CCN(c2cnnc(Cl)c2C(F)(F)F)CC1. The summed E-state index contributed by atoms with van der Waals surface area (Å²) in [5.74, 6) is -0.289. The van der Waals surface area contributed by atoms with E-state index >= 15 is 0 Å². The van der Waals surface area contributed by atoms with E-state index in [4.69, 9.17) is 11.6 Å². The molecule has 0 unspecified atom stereocenters. The second-order valence-electron chi connectivity index (χ2n) is 5.68. The number of rotatable bonds is 2. The molecule has 1 aromatic carbocycles. The Morgan fingerprint density at radius 1 is 1.12 bits per heavy atom. The van der Waals surface area contributed by atoms with Gasteiger partial charge in [-0.05, 0) is 30.4 Å². The van der Waals surface area contributed by atoms with Crippen molar-refractivity contribution in [2.45, 2.75) is 24.9 Å². The highest BCUT2D eigenvalue weighted by atomic mass is 35.5. The molecule has 3 nitrogen and oxygen atoms in total. The van der Waals surface area contributed by atoms with Gasteiger partial charge in [0.15, 0.2) is 5.15 Å². The Labute approximate surface area is 141 Å². The summed E-state index contributed by atoms with van der Waals surface area (Å²) in [7, 11) is 0. The molecule has 1 aromatic heterocycles. The topological polar surface area (TPSA) is 29.0 Å². The van der Waals surface area contributed by atoms with Crippen molar-refractivity contribution in [2.75, 3.05) is 18.0 Å². The van der Waals surface area contributed by atoms with E-state index in [9.17, 15) is 17.6 Å². The summed E-state index contributed by atoms with van der Waals surface area (Å²) < 4.78 is 53.6. The van der Waals surface area contributed by atoms with Crippen LogP contribution in [0.2, 0.25) is 5.15 Å². The van der Waals surface area contributed by atoms with Crippen LogP contribution >= 0.6 is 11.6 Å². The second-order valence-corrected chi connectivity index (χ2v) is 6.03. The molecular weight excluding hydrogens is 346 g/mol. The summed E-state index contributed by atoms with van der Waals surface area (Å²) in [6.45, 7) is 0.730. The van der Waals surface area contributed by atoms with Crippen LogP contribution in [0, 0.1) is 5.82 Å². The van der Waals surface area contributed by atoms with Gasteiger partial charge >= 0.3 is 6.18 Å². The lowest BCUT2D eigenvalue weighted by Gasteiger charge is -2.35. The van der Waals surface area contributed by atoms with Crippen LogP contribution < -0.4 is 4.90 Å². The average Bonchev–Trinajstić information content (AvgIpc) is 2.54. The Morgan fingerprint density at radius 2 is 1.79 bits per heavy atom. The zero-order chi connectivity index (χ0) is 17.3. The lowest BCUT2D eigenvalue weighted by Crippen LogP contribution is -2.34. The molecule has 1 aliphatic heterocycles. The number of halogens is 5. The fourth-order valence-corrected chi connectivity index (χ4v) is 3.34. The number of hydrogen-bond acceptors (Lipinski definition) is 3. The normalized spacial score (nSPS) is 16.5. The van der Waals surface area contributed by atoms with Crippen LogP contribution in [0.1, 0.15) is 29.9 Å². The minimum Gasteiger partial charge on any atom is -0.370 e. The molecule has 0 amide bonds. The molecule has 0 saturated carbocycles. The van der Waals surface area contributed by atoms with Gasteiger partial charge in [0.05, 0.1) is 11.9 Å². The summed E-state index contributed by atoms with van der Waals surface area (Å²) >= 11 is 5.61. The van der Waals surface area contributed by atoms with E-state index in [1.54, 1.807) is 23.1 Å². The van der Waals surface area contributed by atoms with E-state index in [1.807, 2.05) is 0 Å². The van der Waals surface area contributed by atoms with Gasteiger partial charge in [-0.1, -0.05) is 29.8 Å². The van der Waals surface area contributed by atoms with E-state index in [0.29, 0.717) is 31.5 Å². The molecule has 0 radical (unpaired) electrons. The summed E-state index contributed by atoms with van der Waals surface area (Å²) in [5, 5.41) is 6.18. The van der Waals surface area contributed by atoms with Crippen LogP contribution in [0.3, 0.4) is 0 Å². The molecule has 0 atom stereocenters. The quantitative estimate of drug-likeness (QED) is 0.729. The predicted octanol–water partition coefficient (Wildman–Crippen LogP) is 4.67. The molecule has 0 N–H and O–H groups in total. The van der Waals surface area contributed by atoms with Crippen LogP contribution in [-0.4, -0.2) is 23.3 Å². The molecule has 3 rings (SSSR count). The second kappa shape index (κ2) is 6.55. The fourth-order valence-electron chi connectivity index (χ4n) is 3.09. The molecule has 128 valence electrons. The first-order valence-corrected chi connectivity index (χ1v) is 7.83. The van der Waals surface area contributed by atoms with Crippen LogP contribution in [0.15, 0.2) is 30.5 Å². The lowest BCUT2D eigenvalue weighted by molar-refractivity contribution is -0.137. The van der Waals surface area contributed by atoms with Crippen molar-refractivity contribution < 1.29 is 17.6 Å². The standard InChI is InChI=1S/C16H14ClF4N3/c17-15-14(16(19,20)21)13(9-22-23-15)24-7-5-10(6-8-24)11-3-1-2-4-12(11)18/h1-4,9-10H,5-8H2. The Balaban J connectivity index is 1.81. The predicted molar refractivity (Wildman–Crippen MR) is 82.6 cm³/mol. The zero-order valence-electron chi connectivity index (χ0n) is 12.5. The Kier molecular flexibility index (Phi) is 4.62. The van der Waals surface area contributed by atoms with E-state index < -0.39 is 16.9 Å². The van der Waals surface area contributed by atoms with E-state index in [1.165, 1.54) is 6.07 Å². The first-order chi connectivity index (χ1) is 11.4.